The summed E-state index contributed by atoms with van der Waals surface area (Å²) in [5, 5.41) is 19.8. The molecule has 0 bridgehead atoms. The summed E-state index contributed by atoms with van der Waals surface area (Å²) in [6, 6.07) is 3.12. The van der Waals surface area contributed by atoms with Crippen molar-refractivity contribution in [2.24, 2.45) is 0 Å². The van der Waals surface area contributed by atoms with Gasteiger partial charge in [0.1, 0.15) is 0 Å². The molecule has 0 radical (unpaired) electrons. The Hall–Kier alpha value is -2.00. The third kappa shape index (κ3) is 3.06. The Bertz CT molecular complexity index is 625. The Morgan fingerprint density at radius 3 is 2.47 bits per heavy atom. The molecule has 0 aromatic heterocycles. The van der Waals surface area contributed by atoms with Crippen molar-refractivity contribution in [3.8, 4) is 0 Å². The smallest absolute Gasteiger partial charge is 0.310 e. The lowest BCUT2D eigenvalue weighted by molar-refractivity contribution is -0.385. The molecule has 2 N–H and O–H groups in total. The monoisotopic (exact) mass is 288 g/mol. The Morgan fingerprint density at radius 2 is 2.05 bits per heavy atom. The van der Waals surface area contributed by atoms with E-state index in [1.54, 1.807) is 0 Å². The van der Waals surface area contributed by atoms with Gasteiger partial charge in [-0.15, -0.1) is 0 Å². The molecular weight excluding hydrogens is 276 g/mol. The maximum absolute atomic E-state index is 11.5. The van der Waals surface area contributed by atoms with Gasteiger partial charge in [0.2, 0.25) is 10.0 Å². The second kappa shape index (κ2) is 5.33. The van der Waals surface area contributed by atoms with Crippen LogP contribution in [0.15, 0.2) is 23.1 Å². The fraction of sp³-hybridized carbons (Fsp3) is 0.300. The molecule has 0 heterocycles. The number of carboxylic acids is 1. The van der Waals surface area contributed by atoms with Gasteiger partial charge in [-0.05, 0) is 26.1 Å². The van der Waals surface area contributed by atoms with E-state index in [4.69, 9.17) is 5.11 Å². The number of carbonyl (C=O) groups is 1. The number of hydrogen-bond donors (Lipinski definition) is 2. The van der Waals surface area contributed by atoms with Crippen LogP contribution in [0, 0.1) is 10.1 Å². The summed E-state index contributed by atoms with van der Waals surface area (Å²) in [6.07, 6.45) is 0. The third-order valence-electron chi connectivity index (χ3n) is 2.61. The van der Waals surface area contributed by atoms with Crippen molar-refractivity contribution in [2.75, 3.05) is 7.05 Å². The molecule has 0 fully saturated rings. The van der Waals surface area contributed by atoms with Crippen LogP contribution < -0.4 is 4.72 Å². The molecule has 0 saturated carbocycles. The number of nitrogens with one attached hydrogen (secondary N) is 1. The van der Waals surface area contributed by atoms with Gasteiger partial charge in [0.25, 0.3) is 5.69 Å². The predicted molar refractivity (Wildman–Crippen MR) is 65.4 cm³/mol. The first-order valence-electron chi connectivity index (χ1n) is 5.15. The fourth-order valence-electron chi connectivity index (χ4n) is 1.47. The number of nitro groups is 1. The fourth-order valence-corrected chi connectivity index (χ4v) is 2.22. The minimum absolute atomic E-state index is 0.0486. The van der Waals surface area contributed by atoms with Crippen molar-refractivity contribution in [1.82, 2.24) is 4.72 Å². The molecule has 9 heteroatoms. The van der Waals surface area contributed by atoms with Crippen molar-refractivity contribution in [2.45, 2.75) is 17.7 Å². The van der Waals surface area contributed by atoms with Gasteiger partial charge in [-0.2, -0.15) is 0 Å². The average molecular weight is 288 g/mol. The van der Waals surface area contributed by atoms with E-state index in [-0.39, 0.29) is 10.5 Å². The molecule has 1 aromatic carbocycles. The first-order valence-corrected chi connectivity index (χ1v) is 6.63. The number of carboxylic acid groups (broad SMARTS) is 1. The van der Waals surface area contributed by atoms with E-state index in [1.165, 1.54) is 14.0 Å². The highest BCUT2D eigenvalue weighted by Crippen LogP contribution is 2.29. The van der Waals surface area contributed by atoms with Gasteiger partial charge in [-0.3, -0.25) is 14.9 Å². The first kappa shape index (κ1) is 15.1. The number of nitro benzene ring substituents is 1. The molecule has 1 rings (SSSR count). The summed E-state index contributed by atoms with van der Waals surface area (Å²) in [5.41, 5.74) is -0.584. The summed E-state index contributed by atoms with van der Waals surface area (Å²) >= 11 is 0. The van der Waals surface area contributed by atoms with Crippen molar-refractivity contribution >= 4 is 21.7 Å². The van der Waals surface area contributed by atoms with Gasteiger partial charge in [-0.1, -0.05) is 0 Å². The maximum Gasteiger partial charge on any atom is 0.310 e. The molecule has 19 heavy (non-hydrogen) atoms. The number of aliphatic carboxylic acids is 1. The standard InChI is InChI=1S/C10H12N2O6S/c1-6(10(13)14)8-4-3-7(19(17,18)11-2)5-9(8)12(15)16/h3-6,11H,1-2H3,(H,13,14). The third-order valence-corrected chi connectivity index (χ3v) is 4.03. The summed E-state index contributed by atoms with van der Waals surface area (Å²) in [4.78, 5) is 20.7. The van der Waals surface area contributed by atoms with Crippen LogP contribution in [0.3, 0.4) is 0 Å². The van der Waals surface area contributed by atoms with Gasteiger partial charge in [-0.25, -0.2) is 13.1 Å². The predicted octanol–water partition coefficient (Wildman–Crippen LogP) is 0.691. The average Bonchev–Trinajstić information content (AvgIpc) is 2.36. The molecule has 104 valence electrons. The van der Waals surface area contributed by atoms with Gasteiger partial charge in [0.15, 0.2) is 0 Å². The van der Waals surface area contributed by atoms with Crippen LogP contribution in [0.1, 0.15) is 18.4 Å². The molecule has 1 atom stereocenters. The summed E-state index contributed by atoms with van der Waals surface area (Å²) in [6.45, 7) is 1.29. The largest absolute Gasteiger partial charge is 0.481 e. The number of sulfonamides is 1. The Balaban J connectivity index is 3.47. The van der Waals surface area contributed by atoms with E-state index >= 15 is 0 Å². The minimum Gasteiger partial charge on any atom is -0.481 e. The highest BCUT2D eigenvalue weighted by atomic mass is 32.2. The molecule has 0 saturated heterocycles. The van der Waals surface area contributed by atoms with E-state index in [2.05, 4.69) is 0 Å². The highest BCUT2D eigenvalue weighted by Gasteiger charge is 2.26. The van der Waals surface area contributed by atoms with Crippen LogP contribution in [0.2, 0.25) is 0 Å². The normalized spacial score (nSPS) is 12.9. The van der Waals surface area contributed by atoms with Gasteiger partial charge in [0, 0.05) is 11.6 Å². The van der Waals surface area contributed by atoms with Crippen LogP contribution >= 0.6 is 0 Å². The van der Waals surface area contributed by atoms with Crippen LogP contribution in [0.5, 0.6) is 0 Å². The van der Waals surface area contributed by atoms with Crippen molar-refractivity contribution < 1.29 is 23.2 Å². The lowest BCUT2D eigenvalue weighted by Crippen LogP contribution is -2.19. The van der Waals surface area contributed by atoms with Gasteiger partial charge < -0.3 is 5.11 Å². The first-order chi connectivity index (χ1) is 8.70. The molecule has 0 amide bonds. The SMILES string of the molecule is CNS(=O)(=O)c1ccc(C(C)C(=O)O)c([N+](=O)[O-])c1. The number of rotatable bonds is 5. The van der Waals surface area contributed by atoms with Crippen molar-refractivity contribution in [1.29, 1.82) is 0 Å². The topological polar surface area (TPSA) is 127 Å². The number of hydrogen-bond acceptors (Lipinski definition) is 5. The lowest BCUT2D eigenvalue weighted by Gasteiger charge is -2.09. The zero-order chi connectivity index (χ0) is 14.8. The molecule has 0 aliphatic rings. The number of benzene rings is 1. The number of nitrogens with zero attached hydrogens (tertiary/aromatic N) is 1. The second-order valence-corrected chi connectivity index (χ2v) is 5.63. The summed E-state index contributed by atoms with van der Waals surface area (Å²) in [5.74, 6) is -2.33. The van der Waals surface area contributed by atoms with Crippen molar-refractivity contribution in [3.63, 3.8) is 0 Å². The van der Waals surface area contributed by atoms with Crippen LogP contribution in [0.25, 0.3) is 0 Å². The highest BCUT2D eigenvalue weighted by molar-refractivity contribution is 7.89. The lowest BCUT2D eigenvalue weighted by atomic mass is 10.00. The zero-order valence-corrected chi connectivity index (χ0v) is 11.0. The summed E-state index contributed by atoms with van der Waals surface area (Å²) < 4.78 is 25.1. The quantitative estimate of drug-likeness (QED) is 0.606. The van der Waals surface area contributed by atoms with Crippen LogP contribution in [0.4, 0.5) is 5.69 Å². The molecule has 0 aliphatic carbocycles. The second-order valence-electron chi connectivity index (χ2n) is 3.75. The van der Waals surface area contributed by atoms with Crippen LogP contribution in [-0.4, -0.2) is 31.5 Å². The molecule has 0 aliphatic heterocycles. The van der Waals surface area contributed by atoms with E-state index in [0.717, 1.165) is 18.2 Å². The van der Waals surface area contributed by atoms with Gasteiger partial charge >= 0.3 is 5.97 Å². The Kier molecular flexibility index (Phi) is 4.22. The van der Waals surface area contributed by atoms with Gasteiger partial charge in [0.05, 0.1) is 15.7 Å². The molecule has 1 unspecified atom stereocenters. The van der Waals surface area contributed by atoms with E-state index in [9.17, 15) is 23.3 Å². The van der Waals surface area contributed by atoms with E-state index in [1.807, 2.05) is 4.72 Å². The van der Waals surface area contributed by atoms with E-state index in [0.29, 0.717) is 0 Å². The maximum atomic E-state index is 11.5. The molecule has 0 spiro atoms. The molecular formula is C10H12N2O6S. The van der Waals surface area contributed by atoms with Crippen molar-refractivity contribution in [3.05, 3.63) is 33.9 Å². The summed E-state index contributed by atoms with van der Waals surface area (Å²) in [7, 11) is -2.64. The zero-order valence-electron chi connectivity index (χ0n) is 10.2. The Morgan fingerprint density at radius 1 is 1.47 bits per heavy atom. The van der Waals surface area contributed by atoms with Crippen LogP contribution in [-0.2, 0) is 14.8 Å². The molecule has 8 nitrogen and oxygen atoms in total. The Labute approximate surface area is 109 Å². The van der Waals surface area contributed by atoms with E-state index < -0.39 is 32.5 Å². The molecule has 1 aromatic rings. The minimum atomic E-state index is -3.82.